The molecule has 0 saturated carbocycles. The zero-order valence-electron chi connectivity index (χ0n) is 27.7. The van der Waals surface area contributed by atoms with Gasteiger partial charge in [0.2, 0.25) is 0 Å². The molecule has 0 aliphatic heterocycles. The standard InChI is InChI=1S/C46H31N3S/c1-46(2)38-21-10-9-17-32(38)34-25-24-31(33-18-12-22-39(46)41(33)34)35-19-11-20-36-37-27-30(23-26-40(37)50-42(35)36)45-48-43(28-13-5-3-6-14-28)47-44(49-45)29-15-7-4-8-16-29/h3-27H,1-2H3. The van der Waals surface area contributed by atoms with Gasteiger partial charge in [0, 0.05) is 47.8 Å². The van der Waals surface area contributed by atoms with E-state index in [9.17, 15) is 0 Å². The second kappa shape index (κ2) is 11.0. The third kappa shape index (κ3) is 4.38. The largest absolute Gasteiger partial charge is 0.208 e. The van der Waals surface area contributed by atoms with E-state index in [2.05, 4.69) is 105 Å². The van der Waals surface area contributed by atoms with Crippen molar-refractivity contribution in [1.29, 1.82) is 0 Å². The molecule has 2 heterocycles. The van der Waals surface area contributed by atoms with Gasteiger partial charge in [-0.2, -0.15) is 0 Å². The quantitative estimate of drug-likeness (QED) is 0.189. The molecule has 10 rings (SSSR count). The van der Waals surface area contributed by atoms with Crippen molar-refractivity contribution < 1.29 is 0 Å². The number of benzene rings is 7. The number of thiophene rings is 1. The van der Waals surface area contributed by atoms with Crippen molar-refractivity contribution >= 4 is 42.3 Å². The van der Waals surface area contributed by atoms with Crippen LogP contribution in [0, 0.1) is 0 Å². The zero-order chi connectivity index (χ0) is 33.4. The predicted molar refractivity (Wildman–Crippen MR) is 210 cm³/mol. The van der Waals surface area contributed by atoms with Crippen LogP contribution < -0.4 is 0 Å². The smallest absolute Gasteiger partial charge is 0.164 e. The highest BCUT2D eigenvalue weighted by Gasteiger charge is 2.33. The minimum absolute atomic E-state index is 0.0858. The van der Waals surface area contributed by atoms with E-state index < -0.39 is 0 Å². The number of aromatic nitrogens is 3. The summed E-state index contributed by atoms with van der Waals surface area (Å²) in [6, 6.07) is 54.1. The summed E-state index contributed by atoms with van der Waals surface area (Å²) in [5, 5.41) is 5.13. The van der Waals surface area contributed by atoms with Gasteiger partial charge in [-0.25, -0.2) is 15.0 Å². The van der Waals surface area contributed by atoms with Crippen LogP contribution in [0.25, 0.3) is 87.4 Å². The van der Waals surface area contributed by atoms with Crippen molar-refractivity contribution in [2.24, 2.45) is 0 Å². The van der Waals surface area contributed by atoms with E-state index in [4.69, 9.17) is 15.0 Å². The number of nitrogens with zero attached hydrogens (tertiary/aromatic N) is 3. The highest BCUT2D eigenvalue weighted by Crippen LogP contribution is 2.51. The van der Waals surface area contributed by atoms with Crippen molar-refractivity contribution in [2.75, 3.05) is 0 Å². The SMILES string of the molecule is CC1(C)c2ccccc2-c2ccc(-c3cccc4c3sc3ccc(-c5nc(-c6ccccc6)nc(-c6ccccc6)n5)cc34)c3cccc1c23. The molecule has 0 unspecified atom stereocenters. The van der Waals surface area contributed by atoms with E-state index in [0.29, 0.717) is 17.5 Å². The molecule has 0 radical (unpaired) electrons. The molecule has 0 N–H and O–H groups in total. The van der Waals surface area contributed by atoms with E-state index in [-0.39, 0.29) is 5.41 Å². The van der Waals surface area contributed by atoms with Crippen LogP contribution in [0.4, 0.5) is 0 Å². The van der Waals surface area contributed by atoms with Crippen LogP contribution in [0.1, 0.15) is 25.0 Å². The maximum atomic E-state index is 5.01. The van der Waals surface area contributed by atoms with E-state index >= 15 is 0 Å². The second-order valence-corrected chi connectivity index (χ2v) is 14.6. The number of fused-ring (bicyclic) bond motifs is 5. The lowest BCUT2D eigenvalue weighted by atomic mass is 9.68. The van der Waals surface area contributed by atoms with Crippen LogP contribution in [0.2, 0.25) is 0 Å². The van der Waals surface area contributed by atoms with Crippen molar-refractivity contribution in [2.45, 2.75) is 19.3 Å². The third-order valence-electron chi connectivity index (χ3n) is 10.3. The van der Waals surface area contributed by atoms with Gasteiger partial charge >= 0.3 is 0 Å². The van der Waals surface area contributed by atoms with E-state index in [0.717, 1.165) is 16.7 Å². The first kappa shape index (κ1) is 29.0. The molecular weight excluding hydrogens is 627 g/mol. The van der Waals surface area contributed by atoms with Crippen molar-refractivity contribution in [1.82, 2.24) is 15.0 Å². The maximum Gasteiger partial charge on any atom is 0.164 e. The van der Waals surface area contributed by atoms with Gasteiger partial charge in [-0.1, -0.05) is 147 Å². The highest BCUT2D eigenvalue weighted by molar-refractivity contribution is 7.26. The molecular formula is C46H31N3S. The fourth-order valence-electron chi connectivity index (χ4n) is 7.88. The van der Waals surface area contributed by atoms with E-state index in [1.807, 2.05) is 72.0 Å². The Balaban J connectivity index is 1.15. The molecule has 1 aliphatic rings. The van der Waals surface area contributed by atoms with Gasteiger partial charge in [0.05, 0.1) is 0 Å². The van der Waals surface area contributed by atoms with Crippen LogP contribution >= 0.6 is 11.3 Å². The normalized spacial score (nSPS) is 13.2. The number of hydrogen-bond donors (Lipinski definition) is 0. The summed E-state index contributed by atoms with van der Waals surface area (Å²) in [6.07, 6.45) is 0. The summed E-state index contributed by atoms with van der Waals surface area (Å²) < 4.78 is 2.54. The summed E-state index contributed by atoms with van der Waals surface area (Å²) in [5.74, 6) is 2.00. The lowest BCUT2D eigenvalue weighted by Gasteiger charge is -2.35. The topological polar surface area (TPSA) is 38.7 Å². The Morgan fingerprint density at radius 1 is 0.420 bits per heavy atom. The third-order valence-corrected chi connectivity index (χ3v) is 11.6. The summed E-state index contributed by atoms with van der Waals surface area (Å²) >= 11 is 1.86. The molecule has 4 heteroatoms. The summed E-state index contributed by atoms with van der Waals surface area (Å²) in [4.78, 5) is 14.9. The summed E-state index contributed by atoms with van der Waals surface area (Å²) in [5.41, 5.74) is 10.8. The molecule has 9 aromatic rings. The lowest BCUT2D eigenvalue weighted by molar-refractivity contribution is 0.645. The molecule has 0 atom stereocenters. The molecule has 0 saturated heterocycles. The number of hydrogen-bond acceptors (Lipinski definition) is 4. The van der Waals surface area contributed by atoms with Gasteiger partial charge in [0.25, 0.3) is 0 Å². The van der Waals surface area contributed by atoms with Gasteiger partial charge in [-0.05, 0) is 56.8 Å². The fraction of sp³-hybridized carbons (Fsp3) is 0.0652. The van der Waals surface area contributed by atoms with Crippen molar-refractivity contribution in [3.05, 3.63) is 163 Å². The van der Waals surface area contributed by atoms with Gasteiger partial charge in [-0.15, -0.1) is 11.3 Å². The molecule has 1 aliphatic carbocycles. The lowest BCUT2D eigenvalue weighted by Crippen LogP contribution is -2.23. The van der Waals surface area contributed by atoms with Crippen molar-refractivity contribution in [3.63, 3.8) is 0 Å². The Hall–Kier alpha value is -5.97. The van der Waals surface area contributed by atoms with Gasteiger partial charge in [0.1, 0.15) is 0 Å². The Morgan fingerprint density at radius 3 is 1.74 bits per heavy atom. The van der Waals surface area contributed by atoms with Gasteiger partial charge in [-0.3, -0.25) is 0 Å². The monoisotopic (exact) mass is 657 g/mol. The average molecular weight is 658 g/mol. The maximum absolute atomic E-state index is 5.01. The first-order valence-corrected chi connectivity index (χ1v) is 17.9. The average Bonchev–Trinajstić information content (AvgIpc) is 3.56. The Morgan fingerprint density at radius 2 is 1.00 bits per heavy atom. The Kier molecular flexibility index (Phi) is 6.39. The van der Waals surface area contributed by atoms with Crippen LogP contribution in [0.15, 0.2) is 152 Å². The predicted octanol–water partition coefficient (Wildman–Crippen LogP) is 12.4. The van der Waals surface area contributed by atoms with Gasteiger partial charge < -0.3 is 0 Å². The Labute approximate surface area is 294 Å². The number of rotatable bonds is 4. The minimum Gasteiger partial charge on any atom is -0.208 e. The highest BCUT2D eigenvalue weighted by atomic mass is 32.1. The fourth-order valence-corrected chi connectivity index (χ4v) is 9.09. The Bertz CT molecular complexity index is 2720. The minimum atomic E-state index is -0.0858. The second-order valence-electron chi connectivity index (χ2n) is 13.6. The molecule has 0 spiro atoms. The molecule has 0 bridgehead atoms. The summed E-state index contributed by atoms with van der Waals surface area (Å²) in [7, 11) is 0. The zero-order valence-corrected chi connectivity index (χ0v) is 28.5. The molecule has 3 nitrogen and oxygen atoms in total. The molecule has 0 fully saturated rings. The van der Waals surface area contributed by atoms with Crippen LogP contribution in [-0.4, -0.2) is 15.0 Å². The molecule has 50 heavy (non-hydrogen) atoms. The molecule has 0 amide bonds. The molecule has 2 aromatic heterocycles. The van der Waals surface area contributed by atoms with Crippen LogP contribution in [-0.2, 0) is 5.41 Å². The molecule has 7 aromatic carbocycles. The van der Waals surface area contributed by atoms with Crippen LogP contribution in [0.3, 0.4) is 0 Å². The van der Waals surface area contributed by atoms with Crippen LogP contribution in [0.5, 0.6) is 0 Å². The first-order valence-electron chi connectivity index (χ1n) is 17.0. The van der Waals surface area contributed by atoms with Crippen molar-refractivity contribution in [3.8, 4) is 56.4 Å². The first-order chi connectivity index (χ1) is 24.5. The summed E-state index contributed by atoms with van der Waals surface area (Å²) in [6.45, 7) is 4.72. The molecule has 236 valence electrons. The van der Waals surface area contributed by atoms with E-state index in [1.165, 1.54) is 64.3 Å². The van der Waals surface area contributed by atoms with Gasteiger partial charge in [0.15, 0.2) is 17.5 Å². The van der Waals surface area contributed by atoms with E-state index in [1.54, 1.807) is 0 Å².